The van der Waals surface area contributed by atoms with Gasteiger partial charge in [-0.15, -0.1) is 0 Å². The molecular formula is C18H23N5O. The van der Waals surface area contributed by atoms with Crippen molar-refractivity contribution in [2.75, 3.05) is 7.05 Å². The number of nitrogens with one attached hydrogen (secondary N) is 3. The number of benzene rings is 1. The first-order chi connectivity index (χ1) is 11.6. The van der Waals surface area contributed by atoms with Crippen molar-refractivity contribution in [3.05, 3.63) is 53.7 Å². The van der Waals surface area contributed by atoms with Crippen molar-refractivity contribution in [3.63, 3.8) is 0 Å². The molecule has 1 aromatic carbocycles. The Hall–Kier alpha value is -2.60. The first-order valence-electron chi connectivity index (χ1n) is 8.07. The molecule has 0 bridgehead atoms. The molecule has 6 nitrogen and oxygen atoms in total. The Balaban J connectivity index is 1.77. The molecule has 0 saturated carbocycles. The molecule has 2 aromatic heterocycles. The average Bonchev–Trinajstić information content (AvgIpc) is 3.13. The number of aromatic nitrogens is 3. The predicted octanol–water partition coefficient (Wildman–Crippen LogP) is 1.66. The zero-order valence-electron chi connectivity index (χ0n) is 14.3. The number of amides is 1. The van der Waals surface area contributed by atoms with Crippen LogP contribution >= 0.6 is 0 Å². The highest BCUT2D eigenvalue weighted by molar-refractivity contribution is 5.86. The molecule has 3 rings (SSSR count). The third-order valence-corrected chi connectivity index (χ3v) is 4.26. The summed E-state index contributed by atoms with van der Waals surface area (Å²) in [6.45, 7) is 2.51. The molecule has 126 valence electrons. The summed E-state index contributed by atoms with van der Waals surface area (Å²) in [5.41, 5.74) is 3.19. The molecule has 3 aromatic rings. The minimum atomic E-state index is -0.314. The maximum atomic E-state index is 12.3. The van der Waals surface area contributed by atoms with Gasteiger partial charge in [0.25, 0.3) is 0 Å². The lowest BCUT2D eigenvalue weighted by atomic mass is 10.0. The van der Waals surface area contributed by atoms with E-state index in [4.69, 9.17) is 0 Å². The summed E-state index contributed by atoms with van der Waals surface area (Å²) < 4.78 is 1.98. The van der Waals surface area contributed by atoms with Crippen molar-refractivity contribution in [1.29, 1.82) is 0 Å². The SMILES string of the molecule is CNC(=O)[C@H](Cc1c[nH]c2ccccc12)NCc1nc(C)cn1C. The quantitative estimate of drug-likeness (QED) is 0.645. The van der Waals surface area contributed by atoms with Crippen molar-refractivity contribution < 1.29 is 4.79 Å². The summed E-state index contributed by atoms with van der Waals surface area (Å²) in [6.07, 6.45) is 4.58. The monoisotopic (exact) mass is 325 g/mol. The van der Waals surface area contributed by atoms with E-state index in [9.17, 15) is 4.79 Å². The predicted molar refractivity (Wildman–Crippen MR) is 94.6 cm³/mol. The maximum absolute atomic E-state index is 12.3. The Morgan fingerprint density at radius 2 is 2.17 bits per heavy atom. The second-order valence-electron chi connectivity index (χ2n) is 6.02. The third-order valence-electron chi connectivity index (χ3n) is 4.26. The molecule has 0 fully saturated rings. The number of nitrogens with zero attached hydrogens (tertiary/aromatic N) is 2. The molecule has 1 amide bonds. The lowest BCUT2D eigenvalue weighted by molar-refractivity contribution is -0.122. The number of aromatic amines is 1. The van der Waals surface area contributed by atoms with E-state index in [1.807, 2.05) is 49.1 Å². The Bertz CT molecular complexity index is 848. The van der Waals surface area contributed by atoms with Gasteiger partial charge in [-0.05, 0) is 25.0 Å². The van der Waals surface area contributed by atoms with E-state index in [0.29, 0.717) is 13.0 Å². The van der Waals surface area contributed by atoms with Crippen molar-refractivity contribution in [1.82, 2.24) is 25.2 Å². The molecule has 1 atom stereocenters. The van der Waals surface area contributed by atoms with Gasteiger partial charge >= 0.3 is 0 Å². The summed E-state index contributed by atoms with van der Waals surface area (Å²) in [7, 11) is 3.63. The number of hydrogen-bond acceptors (Lipinski definition) is 3. The van der Waals surface area contributed by atoms with Crippen molar-refractivity contribution >= 4 is 16.8 Å². The molecule has 0 radical (unpaired) electrons. The van der Waals surface area contributed by atoms with Crippen LogP contribution in [0.15, 0.2) is 36.7 Å². The molecular weight excluding hydrogens is 302 g/mol. The zero-order chi connectivity index (χ0) is 17.1. The van der Waals surface area contributed by atoms with Crippen LogP contribution in [0, 0.1) is 6.92 Å². The fourth-order valence-electron chi connectivity index (χ4n) is 3.00. The van der Waals surface area contributed by atoms with E-state index in [0.717, 1.165) is 28.0 Å². The van der Waals surface area contributed by atoms with E-state index in [1.165, 1.54) is 0 Å². The van der Waals surface area contributed by atoms with E-state index in [1.54, 1.807) is 7.05 Å². The van der Waals surface area contributed by atoms with Crippen LogP contribution in [0.25, 0.3) is 10.9 Å². The highest BCUT2D eigenvalue weighted by Gasteiger charge is 2.19. The first-order valence-corrected chi connectivity index (χ1v) is 8.07. The van der Waals surface area contributed by atoms with Crippen LogP contribution < -0.4 is 10.6 Å². The molecule has 2 heterocycles. The highest BCUT2D eigenvalue weighted by atomic mass is 16.2. The molecule has 0 aliphatic rings. The zero-order valence-corrected chi connectivity index (χ0v) is 14.3. The Morgan fingerprint density at radius 3 is 2.88 bits per heavy atom. The minimum Gasteiger partial charge on any atom is -0.361 e. The van der Waals surface area contributed by atoms with Crippen LogP contribution in [0.2, 0.25) is 0 Å². The van der Waals surface area contributed by atoms with Gasteiger partial charge in [-0.1, -0.05) is 18.2 Å². The molecule has 0 spiro atoms. The Labute approximate surface area is 141 Å². The number of carbonyl (C=O) groups is 1. The number of rotatable bonds is 6. The van der Waals surface area contributed by atoms with Crippen LogP contribution in [0.1, 0.15) is 17.1 Å². The second kappa shape index (κ2) is 6.88. The fraction of sp³-hybridized carbons (Fsp3) is 0.333. The van der Waals surface area contributed by atoms with E-state index < -0.39 is 0 Å². The number of fused-ring (bicyclic) bond motifs is 1. The summed E-state index contributed by atoms with van der Waals surface area (Å²) in [6, 6.07) is 7.81. The van der Waals surface area contributed by atoms with Gasteiger partial charge in [-0.2, -0.15) is 0 Å². The molecule has 0 aliphatic heterocycles. The van der Waals surface area contributed by atoms with E-state index in [-0.39, 0.29) is 11.9 Å². The highest BCUT2D eigenvalue weighted by Crippen LogP contribution is 2.19. The van der Waals surface area contributed by atoms with Crippen molar-refractivity contribution in [3.8, 4) is 0 Å². The van der Waals surface area contributed by atoms with Gasteiger partial charge in [0.05, 0.1) is 18.3 Å². The topological polar surface area (TPSA) is 74.7 Å². The van der Waals surface area contributed by atoms with Crippen LogP contribution in [-0.4, -0.2) is 33.5 Å². The van der Waals surface area contributed by atoms with Gasteiger partial charge in [-0.3, -0.25) is 10.1 Å². The number of para-hydroxylation sites is 1. The molecule has 0 unspecified atom stereocenters. The summed E-state index contributed by atoms with van der Waals surface area (Å²) in [5.74, 6) is 0.895. The molecule has 0 aliphatic carbocycles. The summed E-state index contributed by atoms with van der Waals surface area (Å²) in [5, 5.41) is 7.23. The number of likely N-dealkylation sites (N-methyl/N-ethyl adjacent to an activating group) is 1. The van der Waals surface area contributed by atoms with Crippen LogP contribution in [0.3, 0.4) is 0 Å². The number of imidazole rings is 1. The van der Waals surface area contributed by atoms with E-state index in [2.05, 4.69) is 26.7 Å². The van der Waals surface area contributed by atoms with Gasteiger partial charge in [0.15, 0.2) is 0 Å². The maximum Gasteiger partial charge on any atom is 0.237 e. The lowest BCUT2D eigenvalue weighted by Gasteiger charge is -2.17. The molecule has 24 heavy (non-hydrogen) atoms. The number of carbonyl (C=O) groups excluding carboxylic acids is 1. The van der Waals surface area contributed by atoms with Gasteiger partial charge < -0.3 is 14.9 Å². The summed E-state index contributed by atoms with van der Waals surface area (Å²) in [4.78, 5) is 20.0. The normalized spacial score (nSPS) is 12.5. The number of H-pyrrole nitrogens is 1. The molecule has 6 heteroatoms. The number of aryl methyl sites for hydroxylation is 2. The van der Waals surface area contributed by atoms with Crippen molar-refractivity contribution in [2.24, 2.45) is 7.05 Å². The summed E-state index contributed by atoms with van der Waals surface area (Å²) >= 11 is 0. The largest absolute Gasteiger partial charge is 0.361 e. The average molecular weight is 325 g/mol. The van der Waals surface area contributed by atoms with Crippen LogP contribution in [0.5, 0.6) is 0 Å². The second-order valence-corrected chi connectivity index (χ2v) is 6.02. The van der Waals surface area contributed by atoms with Gasteiger partial charge in [0.1, 0.15) is 5.82 Å². The smallest absolute Gasteiger partial charge is 0.237 e. The minimum absolute atomic E-state index is 0.0220. The third kappa shape index (κ3) is 3.33. The van der Waals surface area contributed by atoms with Crippen molar-refractivity contribution in [2.45, 2.75) is 25.9 Å². The van der Waals surface area contributed by atoms with E-state index >= 15 is 0 Å². The fourth-order valence-corrected chi connectivity index (χ4v) is 3.00. The van der Waals surface area contributed by atoms with Crippen LogP contribution in [-0.2, 0) is 24.8 Å². The molecule has 3 N–H and O–H groups in total. The van der Waals surface area contributed by atoms with Gasteiger partial charge in [0.2, 0.25) is 5.91 Å². The standard InChI is InChI=1S/C18H23N5O/c1-12-11-23(3)17(22-12)10-21-16(18(24)19-2)8-13-9-20-15-7-5-4-6-14(13)15/h4-7,9,11,16,20-21H,8,10H2,1-3H3,(H,19,24)/t16-/m0/s1. The molecule has 0 saturated heterocycles. The lowest BCUT2D eigenvalue weighted by Crippen LogP contribution is -2.44. The Kier molecular flexibility index (Phi) is 4.66. The first kappa shape index (κ1) is 16.3. The van der Waals surface area contributed by atoms with Gasteiger partial charge in [0, 0.05) is 37.4 Å². The Morgan fingerprint density at radius 1 is 1.38 bits per heavy atom. The number of hydrogen-bond donors (Lipinski definition) is 3. The van der Waals surface area contributed by atoms with Gasteiger partial charge in [-0.25, -0.2) is 4.98 Å². The van der Waals surface area contributed by atoms with Crippen LogP contribution in [0.4, 0.5) is 0 Å².